The van der Waals surface area contributed by atoms with E-state index in [0.717, 1.165) is 0 Å². The molecule has 0 aliphatic heterocycles. The molecule has 0 unspecified atom stereocenters. The van der Waals surface area contributed by atoms with E-state index in [1.807, 2.05) is 0 Å². The molecule has 0 atom stereocenters. The molecule has 0 spiro atoms. The molecule has 6 heteroatoms. The minimum Gasteiger partial charge on any atom is -0.478 e. The highest BCUT2D eigenvalue weighted by atomic mass is 16.5. The number of fused-ring (bicyclic) bond motifs is 1. The number of rotatable bonds is 3. The van der Waals surface area contributed by atoms with Crippen molar-refractivity contribution in [1.29, 1.82) is 0 Å². The van der Waals surface area contributed by atoms with Gasteiger partial charge >= 0.3 is 17.6 Å². The average Bonchev–Trinajstić information content (AvgIpc) is 2.37. The van der Waals surface area contributed by atoms with Crippen LogP contribution in [0.1, 0.15) is 24.2 Å². The lowest BCUT2D eigenvalue weighted by Crippen LogP contribution is -2.16. The van der Waals surface area contributed by atoms with Gasteiger partial charge in [0.15, 0.2) is 0 Å². The molecule has 2 aromatic rings. The van der Waals surface area contributed by atoms with Gasteiger partial charge in [-0.3, -0.25) is 4.79 Å². The van der Waals surface area contributed by atoms with E-state index in [4.69, 9.17) is 14.3 Å². The molecular weight excluding hydrogens is 264 g/mol. The molecule has 2 rings (SSSR count). The largest absolute Gasteiger partial charge is 0.478 e. The van der Waals surface area contributed by atoms with Gasteiger partial charge in [0.2, 0.25) is 0 Å². The third-order valence-corrected chi connectivity index (χ3v) is 2.63. The van der Waals surface area contributed by atoms with Crippen molar-refractivity contribution >= 4 is 22.9 Å². The Morgan fingerprint density at radius 2 is 1.95 bits per heavy atom. The molecule has 0 fully saturated rings. The maximum Gasteiger partial charge on any atom is 0.339 e. The summed E-state index contributed by atoms with van der Waals surface area (Å²) in [5.74, 6) is -2.34. The molecule has 1 heterocycles. The van der Waals surface area contributed by atoms with Crippen LogP contribution in [0.5, 0.6) is 5.75 Å². The Bertz CT molecular complexity index is 741. The van der Waals surface area contributed by atoms with E-state index in [1.54, 1.807) is 13.8 Å². The first-order valence-electron chi connectivity index (χ1n) is 5.91. The van der Waals surface area contributed by atoms with E-state index < -0.39 is 23.5 Å². The minimum atomic E-state index is -1.23. The number of ether oxygens (including phenoxy) is 1. The van der Waals surface area contributed by atoms with Crippen molar-refractivity contribution < 1.29 is 23.8 Å². The third kappa shape index (κ3) is 2.69. The van der Waals surface area contributed by atoms with Crippen molar-refractivity contribution in [3.8, 4) is 5.75 Å². The number of esters is 1. The zero-order valence-electron chi connectivity index (χ0n) is 10.9. The monoisotopic (exact) mass is 276 g/mol. The van der Waals surface area contributed by atoms with Crippen LogP contribution < -0.4 is 10.4 Å². The average molecular weight is 276 g/mol. The van der Waals surface area contributed by atoms with Crippen LogP contribution in [0.15, 0.2) is 33.5 Å². The molecule has 1 aromatic carbocycles. The van der Waals surface area contributed by atoms with Crippen LogP contribution in [0.4, 0.5) is 0 Å². The molecule has 0 radical (unpaired) electrons. The number of carboxylic acids is 1. The lowest BCUT2D eigenvalue weighted by molar-refractivity contribution is -0.137. The highest BCUT2D eigenvalue weighted by Crippen LogP contribution is 2.26. The van der Waals surface area contributed by atoms with Gasteiger partial charge in [-0.25, -0.2) is 9.59 Å². The second kappa shape index (κ2) is 5.16. The van der Waals surface area contributed by atoms with Crippen LogP contribution in [0.25, 0.3) is 11.0 Å². The molecule has 0 aliphatic rings. The molecule has 0 aliphatic carbocycles. The highest BCUT2D eigenvalue weighted by molar-refractivity contribution is 5.97. The van der Waals surface area contributed by atoms with Crippen molar-refractivity contribution in [3.63, 3.8) is 0 Å². The zero-order valence-corrected chi connectivity index (χ0v) is 10.9. The molecule has 104 valence electrons. The Hall–Kier alpha value is -2.63. The van der Waals surface area contributed by atoms with E-state index in [-0.39, 0.29) is 16.9 Å². The molecule has 0 amide bonds. The van der Waals surface area contributed by atoms with Crippen molar-refractivity contribution in [2.75, 3.05) is 0 Å². The van der Waals surface area contributed by atoms with Gasteiger partial charge in [-0.05, 0) is 12.1 Å². The fraction of sp³-hybridized carbons (Fsp3) is 0.214. The van der Waals surface area contributed by atoms with Crippen LogP contribution in [-0.2, 0) is 4.79 Å². The lowest BCUT2D eigenvalue weighted by atomic mass is 10.1. The number of carboxylic acid groups (broad SMARTS) is 1. The number of hydrogen-bond donors (Lipinski definition) is 1. The van der Waals surface area contributed by atoms with Crippen molar-refractivity contribution in [1.82, 2.24) is 0 Å². The van der Waals surface area contributed by atoms with Gasteiger partial charge in [0.25, 0.3) is 0 Å². The third-order valence-electron chi connectivity index (χ3n) is 2.63. The SMILES string of the molecule is CC(C)C(=O)Oc1cc2oc(=O)ccc2cc1C(=O)O. The number of hydrogen-bond acceptors (Lipinski definition) is 5. The van der Waals surface area contributed by atoms with Crippen LogP contribution >= 0.6 is 0 Å². The van der Waals surface area contributed by atoms with Gasteiger partial charge in [-0.15, -0.1) is 0 Å². The Balaban J connectivity index is 2.60. The minimum absolute atomic E-state index is 0.141. The molecule has 6 nitrogen and oxygen atoms in total. The quantitative estimate of drug-likeness (QED) is 0.524. The molecular formula is C14H12O6. The Morgan fingerprint density at radius 3 is 2.55 bits per heavy atom. The highest BCUT2D eigenvalue weighted by Gasteiger charge is 2.18. The van der Waals surface area contributed by atoms with Crippen LogP contribution in [0, 0.1) is 5.92 Å². The second-order valence-electron chi connectivity index (χ2n) is 4.52. The Labute approximate surface area is 113 Å². The number of aromatic carboxylic acids is 1. The van der Waals surface area contributed by atoms with Gasteiger partial charge in [0.1, 0.15) is 16.9 Å². The fourth-order valence-electron chi connectivity index (χ4n) is 1.57. The Kier molecular flexibility index (Phi) is 3.56. The zero-order chi connectivity index (χ0) is 14.9. The maximum atomic E-state index is 11.6. The molecule has 20 heavy (non-hydrogen) atoms. The van der Waals surface area contributed by atoms with E-state index in [1.165, 1.54) is 24.3 Å². The second-order valence-corrected chi connectivity index (χ2v) is 4.52. The van der Waals surface area contributed by atoms with E-state index in [2.05, 4.69) is 0 Å². The molecule has 0 bridgehead atoms. The molecule has 0 saturated heterocycles. The van der Waals surface area contributed by atoms with E-state index >= 15 is 0 Å². The maximum absolute atomic E-state index is 11.6. The molecule has 0 saturated carbocycles. The first-order chi connectivity index (χ1) is 9.38. The standard InChI is InChI=1S/C14H12O6/c1-7(2)14(18)20-11-6-10-8(3-4-12(15)19-10)5-9(11)13(16)17/h3-7H,1-2H3,(H,16,17). The number of carbonyl (C=O) groups excluding carboxylic acids is 1. The normalized spacial score (nSPS) is 10.8. The Morgan fingerprint density at radius 1 is 1.25 bits per heavy atom. The van der Waals surface area contributed by atoms with Crippen LogP contribution in [-0.4, -0.2) is 17.0 Å². The van der Waals surface area contributed by atoms with Gasteiger partial charge < -0.3 is 14.3 Å². The first-order valence-corrected chi connectivity index (χ1v) is 5.91. The summed E-state index contributed by atoms with van der Waals surface area (Å²) in [5, 5.41) is 9.58. The van der Waals surface area contributed by atoms with Gasteiger partial charge in [0, 0.05) is 17.5 Å². The van der Waals surface area contributed by atoms with Crippen molar-refractivity contribution in [2.45, 2.75) is 13.8 Å². The lowest BCUT2D eigenvalue weighted by Gasteiger charge is -2.10. The first kappa shape index (κ1) is 13.8. The van der Waals surface area contributed by atoms with Gasteiger partial charge in [0.05, 0.1) is 5.92 Å². The fourth-order valence-corrected chi connectivity index (χ4v) is 1.57. The number of benzene rings is 1. The summed E-state index contributed by atoms with van der Waals surface area (Å²) < 4.78 is 9.97. The van der Waals surface area contributed by atoms with E-state index in [0.29, 0.717) is 5.39 Å². The van der Waals surface area contributed by atoms with Gasteiger partial charge in [-0.2, -0.15) is 0 Å². The van der Waals surface area contributed by atoms with Crippen molar-refractivity contribution in [2.24, 2.45) is 5.92 Å². The summed E-state index contributed by atoms with van der Waals surface area (Å²) in [6.07, 6.45) is 0. The number of carbonyl (C=O) groups is 2. The summed E-state index contributed by atoms with van der Waals surface area (Å²) in [4.78, 5) is 33.9. The topological polar surface area (TPSA) is 93.8 Å². The summed E-state index contributed by atoms with van der Waals surface area (Å²) in [5.41, 5.74) is -0.573. The summed E-state index contributed by atoms with van der Waals surface area (Å²) in [6.45, 7) is 3.26. The predicted octanol–water partition coefficient (Wildman–Crippen LogP) is 2.05. The van der Waals surface area contributed by atoms with Gasteiger partial charge in [-0.1, -0.05) is 13.8 Å². The summed E-state index contributed by atoms with van der Waals surface area (Å²) in [7, 11) is 0. The summed E-state index contributed by atoms with van der Waals surface area (Å²) in [6, 6.07) is 5.17. The molecule has 1 N–H and O–H groups in total. The van der Waals surface area contributed by atoms with Crippen molar-refractivity contribution in [3.05, 3.63) is 40.2 Å². The smallest absolute Gasteiger partial charge is 0.339 e. The predicted molar refractivity (Wildman–Crippen MR) is 69.9 cm³/mol. The van der Waals surface area contributed by atoms with E-state index in [9.17, 15) is 14.4 Å². The van der Waals surface area contributed by atoms with Crippen LogP contribution in [0.3, 0.4) is 0 Å². The summed E-state index contributed by atoms with van der Waals surface area (Å²) >= 11 is 0. The molecule has 1 aromatic heterocycles. The van der Waals surface area contributed by atoms with Crippen LogP contribution in [0.2, 0.25) is 0 Å².